The molecule has 2 aromatic rings. The van der Waals surface area contributed by atoms with Gasteiger partial charge in [0.05, 0.1) is 23.6 Å². The standard InChI is InChI=1S/C9H6F4N4/c10-6-3-5(9(11,12)13)8(4-7(6)14)17-15-1-2-16-17/h1-4H,14H2. The summed E-state index contributed by atoms with van der Waals surface area (Å²) in [6.45, 7) is 0. The van der Waals surface area contributed by atoms with Crippen LogP contribution in [0.1, 0.15) is 5.56 Å². The van der Waals surface area contributed by atoms with E-state index in [2.05, 4.69) is 10.2 Å². The maximum atomic E-state index is 13.1. The summed E-state index contributed by atoms with van der Waals surface area (Å²) in [6, 6.07) is 1.17. The van der Waals surface area contributed by atoms with Gasteiger partial charge in [-0.15, -0.1) is 0 Å². The Labute approximate surface area is 92.7 Å². The third-order valence-corrected chi connectivity index (χ3v) is 2.05. The highest BCUT2D eigenvalue weighted by Gasteiger charge is 2.35. The van der Waals surface area contributed by atoms with Crippen molar-refractivity contribution in [3.8, 4) is 5.69 Å². The summed E-state index contributed by atoms with van der Waals surface area (Å²) in [7, 11) is 0. The predicted molar refractivity (Wildman–Crippen MR) is 50.7 cm³/mol. The van der Waals surface area contributed by atoms with Crippen molar-refractivity contribution in [1.82, 2.24) is 15.0 Å². The number of alkyl halides is 3. The maximum Gasteiger partial charge on any atom is 0.418 e. The van der Waals surface area contributed by atoms with Crippen molar-refractivity contribution < 1.29 is 17.6 Å². The third-order valence-electron chi connectivity index (χ3n) is 2.05. The molecule has 2 N–H and O–H groups in total. The lowest BCUT2D eigenvalue weighted by atomic mass is 10.1. The summed E-state index contributed by atoms with van der Waals surface area (Å²) in [6.07, 6.45) is -2.29. The molecule has 0 radical (unpaired) electrons. The van der Waals surface area contributed by atoms with Crippen LogP contribution >= 0.6 is 0 Å². The fourth-order valence-electron chi connectivity index (χ4n) is 1.31. The Balaban J connectivity index is 2.69. The minimum atomic E-state index is -4.71. The largest absolute Gasteiger partial charge is 0.418 e. The van der Waals surface area contributed by atoms with Crippen LogP contribution in [0.2, 0.25) is 0 Å². The zero-order valence-corrected chi connectivity index (χ0v) is 8.24. The first-order valence-electron chi connectivity index (χ1n) is 4.42. The summed E-state index contributed by atoms with van der Waals surface area (Å²) in [5.41, 5.74) is 3.23. The van der Waals surface area contributed by atoms with Crippen LogP contribution in [0, 0.1) is 5.82 Å². The average molecular weight is 246 g/mol. The summed E-state index contributed by atoms with van der Waals surface area (Å²) in [5, 5.41) is 7.12. The molecule has 0 aliphatic rings. The lowest BCUT2D eigenvalue weighted by Crippen LogP contribution is -2.14. The van der Waals surface area contributed by atoms with Gasteiger partial charge in [0, 0.05) is 0 Å². The molecule has 1 aromatic carbocycles. The van der Waals surface area contributed by atoms with E-state index in [9.17, 15) is 17.6 Å². The first kappa shape index (κ1) is 11.4. The van der Waals surface area contributed by atoms with Crippen molar-refractivity contribution in [1.29, 1.82) is 0 Å². The van der Waals surface area contributed by atoms with Gasteiger partial charge in [-0.1, -0.05) is 0 Å². The van der Waals surface area contributed by atoms with Crippen LogP contribution in [0.4, 0.5) is 23.2 Å². The molecule has 4 nitrogen and oxygen atoms in total. The van der Waals surface area contributed by atoms with Crippen molar-refractivity contribution >= 4 is 5.69 Å². The number of nitrogens with zero attached hydrogens (tertiary/aromatic N) is 3. The quantitative estimate of drug-likeness (QED) is 0.618. The van der Waals surface area contributed by atoms with Gasteiger partial charge in [-0.2, -0.15) is 28.2 Å². The molecule has 0 unspecified atom stereocenters. The molecule has 1 heterocycles. The lowest BCUT2D eigenvalue weighted by molar-refractivity contribution is -0.137. The first-order valence-corrected chi connectivity index (χ1v) is 4.42. The Morgan fingerprint density at radius 3 is 2.24 bits per heavy atom. The molecular formula is C9H6F4N4. The monoisotopic (exact) mass is 246 g/mol. The van der Waals surface area contributed by atoms with E-state index in [1.807, 2.05) is 0 Å². The van der Waals surface area contributed by atoms with E-state index in [0.29, 0.717) is 6.07 Å². The van der Waals surface area contributed by atoms with Gasteiger partial charge in [-0.25, -0.2) is 4.39 Å². The summed E-state index contributed by atoms with van der Waals surface area (Å²) >= 11 is 0. The van der Waals surface area contributed by atoms with Crippen molar-refractivity contribution in [2.24, 2.45) is 0 Å². The Kier molecular flexibility index (Phi) is 2.49. The third kappa shape index (κ3) is 2.05. The number of nitrogens with two attached hydrogens (primary N) is 1. The Morgan fingerprint density at radius 1 is 1.12 bits per heavy atom. The minimum absolute atomic E-state index is 0.327. The number of hydrogen-bond acceptors (Lipinski definition) is 3. The maximum absolute atomic E-state index is 13.1. The normalized spacial score (nSPS) is 11.8. The van der Waals surface area contributed by atoms with Crippen molar-refractivity contribution in [3.05, 3.63) is 35.9 Å². The van der Waals surface area contributed by atoms with Gasteiger partial charge in [-0.05, 0) is 12.1 Å². The molecule has 8 heteroatoms. The Hall–Kier alpha value is -2.12. The van der Waals surface area contributed by atoms with Crippen LogP contribution < -0.4 is 5.73 Å². The van der Waals surface area contributed by atoms with Crippen LogP contribution in [0.5, 0.6) is 0 Å². The molecule has 1 aromatic heterocycles. The number of benzene rings is 1. The first-order chi connectivity index (χ1) is 7.89. The number of nitrogen functional groups attached to an aromatic ring is 1. The van der Waals surface area contributed by atoms with Crippen LogP contribution in [0.3, 0.4) is 0 Å². The molecule has 0 amide bonds. The molecule has 90 valence electrons. The molecule has 0 atom stereocenters. The van der Waals surface area contributed by atoms with E-state index < -0.39 is 28.9 Å². The smallest absolute Gasteiger partial charge is 0.396 e. The second-order valence-electron chi connectivity index (χ2n) is 3.21. The van der Waals surface area contributed by atoms with Gasteiger partial charge in [0.25, 0.3) is 0 Å². The highest BCUT2D eigenvalue weighted by molar-refractivity contribution is 5.53. The number of anilines is 1. The molecule has 0 bridgehead atoms. The average Bonchev–Trinajstić information content (AvgIpc) is 2.73. The molecule has 0 fully saturated rings. The zero-order valence-electron chi connectivity index (χ0n) is 8.24. The summed E-state index contributed by atoms with van der Waals surface area (Å²) in [5.74, 6) is -1.13. The Bertz CT molecular complexity index is 533. The molecule has 0 aliphatic heterocycles. The fraction of sp³-hybridized carbons (Fsp3) is 0.111. The topological polar surface area (TPSA) is 56.7 Å². The second-order valence-corrected chi connectivity index (χ2v) is 3.21. The van der Waals surface area contributed by atoms with Gasteiger partial charge in [-0.3, -0.25) is 0 Å². The number of aromatic nitrogens is 3. The van der Waals surface area contributed by atoms with E-state index in [1.165, 1.54) is 12.4 Å². The van der Waals surface area contributed by atoms with Crippen LogP contribution in [0.25, 0.3) is 5.69 Å². The fourth-order valence-corrected chi connectivity index (χ4v) is 1.31. The van der Waals surface area contributed by atoms with Crippen LogP contribution in [-0.4, -0.2) is 15.0 Å². The molecule has 0 saturated carbocycles. The van der Waals surface area contributed by atoms with Crippen molar-refractivity contribution in [3.63, 3.8) is 0 Å². The van der Waals surface area contributed by atoms with Crippen LogP contribution in [0.15, 0.2) is 24.5 Å². The summed E-state index contributed by atoms with van der Waals surface area (Å²) in [4.78, 5) is 0.735. The molecule has 17 heavy (non-hydrogen) atoms. The van der Waals surface area contributed by atoms with Gasteiger partial charge >= 0.3 is 6.18 Å². The molecule has 2 rings (SSSR count). The minimum Gasteiger partial charge on any atom is -0.396 e. The lowest BCUT2D eigenvalue weighted by Gasteiger charge is -2.13. The zero-order chi connectivity index (χ0) is 12.6. The highest BCUT2D eigenvalue weighted by Crippen LogP contribution is 2.35. The predicted octanol–water partition coefficient (Wildman–Crippen LogP) is 2.01. The number of hydrogen-bond donors (Lipinski definition) is 1. The Morgan fingerprint density at radius 2 is 1.71 bits per heavy atom. The number of halogens is 4. The van der Waals surface area contributed by atoms with Gasteiger partial charge in [0.1, 0.15) is 11.5 Å². The highest BCUT2D eigenvalue weighted by atomic mass is 19.4. The van der Waals surface area contributed by atoms with E-state index in [1.54, 1.807) is 0 Å². The SMILES string of the molecule is Nc1cc(-n2nccn2)c(C(F)(F)F)cc1F. The number of rotatable bonds is 1. The van der Waals surface area contributed by atoms with E-state index in [4.69, 9.17) is 5.73 Å². The van der Waals surface area contributed by atoms with E-state index >= 15 is 0 Å². The van der Waals surface area contributed by atoms with Gasteiger partial charge < -0.3 is 5.73 Å². The van der Waals surface area contributed by atoms with E-state index in [0.717, 1.165) is 10.9 Å². The molecular weight excluding hydrogens is 240 g/mol. The summed E-state index contributed by atoms with van der Waals surface area (Å²) < 4.78 is 51.1. The second kappa shape index (κ2) is 3.72. The van der Waals surface area contributed by atoms with Crippen molar-refractivity contribution in [2.45, 2.75) is 6.18 Å². The molecule has 0 aliphatic carbocycles. The molecule has 0 saturated heterocycles. The van der Waals surface area contributed by atoms with Crippen molar-refractivity contribution in [2.75, 3.05) is 5.73 Å². The van der Waals surface area contributed by atoms with E-state index in [-0.39, 0.29) is 0 Å². The molecule has 0 spiro atoms. The van der Waals surface area contributed by atoms with Gasteiger partial charge in [0.15, 0.2) is 0 Å². The van der Waals surface area contributed by atoms with Gasteiger partial charge in [0.2, 0.25) is 0 Å². The van der Waals surface area contributed by atoms with Crippen LogP contribution in [-0.2, 0) is 6.18 Å².